The van der Waals surface area contributed by atoms with Gasteiger partial charge in [-0.05, 0) is 208 Å². The first kappa shape index (κ1) is 59.5. The van der Waals surface area contributed by atoms with Gasteiger partial charge < -0.3 is 0 Å². The van der Waals surface area contributed by atoms with Crippen molar-refractivity contribution < 1.29 is 0 Å². The lowest BCUT2D eigenvalue weighted by Crippen LogP contribution is -2.30. The van der Waals surface area contributed by atoms with Crippen LogP contribution in [-0.4, -0.2) is 18.7 Å². The van der Waals surface area contributed by atoms with Crippen molar-refractivity contribution >= 4 is 77.8 Å². The zero-order valence-corrected chi connectivity index (χ0v) is 55.9. The highest BCUT2D eigenvalue weighted by Crippen LogP contribution is 2.53. The van der Waals surface area contributed by atoms with Crippen molar-refractivity contribution in [1.29, 1.82) is 0 Å². The minimum Gasteiger partial charge on any atom is -0.258 e. The molecule has 12 aromatic rings. The Bertz CT molecular complexity index is 3890. The molecule has 0 fully saturated rings. The summed E-state index contributed by atoms with van der Waals surface area (Å²) < 4.78 is 9.65. The Morgan fingerprint density at radius 1 is 0.216 bits per heavy atom. The van der Waals surface area contributed by atoms with Gasteiger partial charge >= 0.3 is 0 Å². The Labute approximate surface area is 523 Å². The number of hydrogen-bond acceptors (Lipinski definition) is 4. The van der Waals surface area contributed by atoms with E-state index in [2.05, 4.69) is 359 Å². The molecule has 0 spiro atoms. The van der Waals surface area contributed by atoms with Crippen LogP contribution in [0.15, 0.2) is 182 Å². The van der Waals surface area contributed by atoms with Gasteiger partial charge in [-0.2, -0.15) is 0 Å². The van der Waals surface area contributed by atoms with Crippen LogP contribution in [0.25, 0.3) is 32.3 Å². The summed E-state index contributed by atoms with van der Waals surface area (Å²) in [6, 6.07) is 69.8. The highest BCUT2D eigenvalue weighted by molar-refractivity contribution is 6.32. The van der Waals surface area contributed by atoms with Crippen LogP contribution in [0, 0.1) is 55.4 Å². The van der Waals surface area contributed by atoms with E-state index >= 15 is 0 Å². The second kappa shape index (κ2) is 21.5. The number of nitrogens with zero attached hydrogens (tertiary/aromatic N) is 8. The van der Waals surface area contributed by atoms with Gasteiger partial charge in [0.05, 0.1) is 45.5 Å². The largest absolute Gasteiger partial charge is 0.258 e. The number of rotatable bonds is 12. The van der Waals surface area contributed by atoms with Gasteiger partial charge in [0.25, 0.3) is 0 Å². The molecule has 0 saturated heterocycles. The second-order valence-corrected chi connectivity index (χ2v) is 29.0. The van der Waals surface area contributed by atoms with Gasteiger partial charge in [-0.15, -0.1) is 0 Å². The number of anilines is 8. The second-order valence-electron chi connectivity index (χ2n) is 29.0. The molecule has 450 valence electrons. The average molecular weight is 1160 g/mol. The Hall–Kier alpha value is -8.88. The van der Waals surface area contributed by atoms with Crippen molar-refractivity contribution in [1.82, 2.24) is 18.7 Å². The molecule has 4 heterocycles. The highest BCUT2D eigenvalue weighted by Gasteiger charge is 2.32. The van der Waals surface area contributed by atoms with Gasteiger partial charge in [0.1, 0.15) is 0 Å². The number of aryl methyl sites for hydroxylation is 8. The Morgan fingerprint density at radius 3 is 0.523 bits per heavy atom. The van der Waals surface area contributed by atoms with E-state index in [-0.39, 0.29) is 21.7 Å². The molecular weight excluding hydrogens is 1070 g/mol. The van der Waals surface area contributed by atoms with Gasteiger partial charge in [-0.25, -0.2) is 20.0 Å². The fourth-order valence-electron chi connectivity index (χ4n) is 13.4. The summed E-state index contributed by atoms with van der Waals surface area (Å²) >= 11 is 0. The molecule has 12 rings (SSSR count). The summed E-state index contributed by atoms with van der Waals surface area (Å²) in [6.07, 6.45) is 0. The van der Waals surface area contributed by atoms with Gasteiger partial charge in [0.15, 0.2) is 0 Å². The molecule has 0 aliphatic rings. The average Bonchev–Trinajstić information content (AvgIpc) is 0.831. The summed E-state index contributed by atoms with van der Waals surface area (Å²) in [6.45, 7) is 45.4. The number of hydrogen-bond donors (Lipinski definition) is 0. The van der Waals surface area contributed by atoms with E-state index in [0.717, 1.165) is 113 Å². The summed E-state index contributed by atoms with van der Waals surface area (Å²) in [5, 5.41) is 16.8. The van der Waals surface area contributed by atoms with Gasteiger partial charge in [0.2, 0.25) is 0 Å². The standard InChI is InChI=1S/C80H90N8/c1-51-21-22-52(2)81(51)85(63-37-29-59(30-38-63)77(9,10)11)71-49-72(86(82-53(3)23-24-54(82)4)64-39-31-60(32-40-64)78(12,13)14)68-47-48-70-74(88(84-57(7)27-28-58(84)8)66-43-35-62(36-44-66)80(18,19)20)50-73(69-46-45-67(71)75(68)76(69)70)87(83-55(5)25-26-56(83)6)65-41-33-61(34-42-65)79(15,16)17/h21-50H,1-20H3. The third-order valence-electron chi connectivity index (χ3n) is 18.4. The van der Waals surface area contributed by atoms with E-state index in [1.165, 1.54) is 33.0 Å². The maximum atomic E-state index is 2.48. The van der Waals surface area contributed by atoms with E-state index in [1.807, 2.05) is 0 Å². The van der Waals surface area contributed by atoms with Gasteiger partial charge in [0, 0.05) is 77.9 Å². The normalized spacial score (nSPS) is 12.5. The van der Waals surface area contributed by atoms with Crippen LogP contribution in [0.3, 0.4) is 0 Å². The summed E-state index contributed by atoms with van der Waals surface area (Å²) in [7, 11) is 0. The molecule has 8 aromatic carbocycles. The minimum atomic E-state index is -0.0335. The molecule has 0 bridgehead atoms. The Balaban J connectivity index is 1.31. The van der Waals surface area contributed by atoms with Crippen LogP contribution in [0.4, 0.5) is 45.5 Å². The number of aromatic nitrogens is 4. The zero-order chi connectivity index (χ0) is 62.8. The van der Waals surface area contributed by atoms with Crippen molar-refractivity contribution in [2.75, 3.05) is 20.0 Å². The van der Waals surface area contributed by atoms with Crippen molar-refractivity contribution in [3.8, 4) is 0 Å². The molecule has 8 heteroatoms. The van der Waals surface area contributed by atoms with Crippen LogP contribution in [0.5, 0.6) is 0 Å². The quantitative estimate of drug-likeness (QED) is 0.114. The Morgan fingerprint density at radius 2 is 0.375 bits per heavy atom. The zero-order valence-electron chi connectivity index (χ0n) is 55.9. The minimum absolute atomic E-state index is 0.0335. The molecule has 0 radical (unpaired) electrons. The molecule has 0 aliphatic heterocycles. The van der Waals surface area contributed by atoms with E-state index in [1.54, 1.807) is 0 Å². The van der Waals surface area contributed by atoms with E-state index < -0.39 is 0 Å². The highest BCUT2D eigenvalue weighted by atomic mass is 15.6. The first-order valence-electron chi connectivity index (χ1n) is 31.5. The monoisotopic (exact) mass is 1160 g/mol. The van der Waals surface area contributed by atoms with Crippen molar-refractivity contribution in [3.05, 3.63) is 250 Å². The maximum Gasteiger partial charge on any atom is 0.0737 e. The van der Waals surface area contributed by atoms with Gasteiger partial charge in [-0.3, -0.25) is 18.7 Å². The summed E-state index contributed by atoms with van der Waals surface area (Å²) in [4.78, 5) is 0. The first-order valence-corrected chi connectivity index (χ1v) is 31.5. The third kappa shape index (κ3) is 10.2. The number of benzene rings is 8. The van der Waals surface area contributed by atoms with Crippen molar-refractivity contribution in [2.24, 2.45) is 0 Å². The molecule has 0 unspecified atom stereocenters. The van der Waals surface area contributed by atoms with Gasteiger partial charge in [-0.1, -0.05) is 156 Å². The lowest BCUT2D eigenvalue weighted by molar-refractivity contribution is 0.590. The predicted molar refractivity (Wildman–Crippen MR) is 376 cm³/mol. The fraction of sp³-hybridized carbons (Fsp3) is 0.300. The third-order valence-corrected chi connectivity index (χ3v) is 18.4. The SMILES string of the molecule is Cc1ccc(C)n1N(c1ccc(C(C)(C)C)cc1)c1cc(N(c2ccc(C(C)(C)C)cc2)n2c(C)ccc2C)c2ccc3c(N(c4ccc(C(C)(C)C)cc4)n4c(C)ccc4C)cc(N(c4ccc(C(C)(C)C)cc4)n4c(C)ccc4C)c4ccc1c2c43. The molecule has 0 saturated carbocycles. The van der Waals surface area contributed by atoms with E-state index in [0.29, 0.717) is 0 Å². The molecule has 0 N–H and O–H groups in total. The molecule has 0 aliphatic carbocycles. The van der Waals surface area contributed by atoms with Crippen LogP contribution in [0.2, 0.25) is 0 Å². The van der Waals surface area contributed by atoms with Crippen molar-refractivity contribution in [3.63, 3.8) is 0 Å². The topological polar surface area (TPSA) is 32.7 Å². The van der Waals surface area contributed by atoms with Crippen molar-refractivity contribution in [2.45, 2.75) is 160 Å². The lowest BCUT2D eigenvalue weighted by Gasteiger charge is -2.37. The van der Waals surface area contributed by atoms with Crippen LogP contribution in [-0.2, 0) is 21.7 Å². The lowest BCUT2D eigenvalue weighted by atomic mass is 9.87. The maximum absolute atomic E-state index is 2.48. The fourth-order valence-corrected chi connectivity index (χ4v) is 13.4. The van der Waals surface area contributed by atoms with E-state index in [4.69, 9.17) is 0 Å². The van der Waals surface area contributed by atoms with Crippen LogP contribution < -0.4 is 20.0 Å². The smallest absolute Gasteiger partial charge is 0.0737 e. The molecule has 0 amide bonds. The van der Waals surface area contributed by atoms with Crippen LogP contribution in [0.1, 0.15) is 151 Å². The molecule has 8 nitrogen and oxygen atoms in total. The van der Waals surface area contributed by atoms with Crippen LogP contribution >= 0.6 is 0 Å². The van der Waals surface area contributed by atoms with E-state index in [9.17, 15) is 0 Å². The summed E-state index contributed by atoms with van der Waals surface area (Å²) in [5.41, 5.74) is 22.6. The Kier molecular flexibility index (Phi) is 14.5. The predicted octanol–water partition coefficient (Wildman–Crippen LogP) is 21.9. The molecular formula is C80H90N8. The molecule has 4 aromatic heterocycles. The molecule has 0 atom stereocenters. The summed E-state index contributed by atoms with van der Waals surface area (Å²) in [5.74, 6) is 0. The first-order chi connectivity index (χ1) is 41.5. The molecule has 88 heavy (non-hydrogen) atoms.